The van der Waals surface area contributed by atoms with Crippen molar-refractivity contribution in [1.82, 2.24) is 10.6 Å². The van der Waals surface area contributed by atoms with E-state index >= 15 is 0 Å². The summed E-state index contributed by atoms with van der Waals surface area (Å²) in [5.41, 5.74) is 0.212. The Balaban J connectivity index is 2.47. The van der Waals surface area contributed by atoms with Crippen molar-refractivity contribution in [3.05, 3.63) is 0 Å². The predicted molar refractivity (Wildman–Crippen MR) is 72.8 cm³/mol. The van der Waals surface area contributed by atoms with Crippen LogP contribution in [0.15, 0.2) is 4.99 Å². The van der Waals surface area contributed by atoms with Crippen molar-refractivity contribution in [3.63, 3.8) is 0 Å². The summed E-state index contributed by atoms with van der Waals surface area (Å²) in [4.78, 5) is 4.44. The molecule has 0 unspecified atom stereocenters. The molecular formula is C13H25F2N3O. The summed E-state index contributed by atoms with van der Waals surface area (Å²) in [5.74, 6) is 0.478. The molecule has 0 aromatic rings. The average Bonchev–Trinajstić information content (AvgIpc) is 2.33. The van der Waals surface area contributed by atoms with E-state index < -0.39 is 6.43 Å². The first-order valence-corrected chi connectivity index (χ1v) is 6.91. The Hall–Kier alpha value is -0.910. The van der Waals surface area contributed by atoms with Crippen molar-refractivity contribution in [3.8, 4) is 0 Å². The maximum atomic E-state index is 12.2. The zero-order valence-corrected chi connectivity index (χ0v) is 11.8. The molecular weight excluding hydrogens is 252 g/mol. The average molecular weight is 277 g/mol. The first-order chi connectivity index (χ1) is 9.12. The molecule has 1 saturated carbocycles. The van der Waals surface area contributed by atoms with Crippen LogP contribution in [0.4, 0.5) is 8.78 Å². The topological polar surface area (TPSA) is 45.7 Å². The molecule has 0 aliphatic heterocycles. The third-order valence-corrected chi connectivity index (χ3v) is 3.59. The fourth-order valence-corrected chi connectivity index (χ4v) is 2.24. The number of hydrogen-bond donors (Lipinski definition) is 2. The van der Waals surface area contributed by atoms with E-state index in [-0.39, 0.29) is 12.0 Å². The zero-order chi connectivity index (χ0) is 14.1. The molecule has 1 aliphatic rings. The molecule has 1 aliphatic carbocycles. The Bertz CT molecular complexity index is 281. The van der Waals surface area contributed by atoms with E-state index in [1.165, 1.54) is 6.42 Å². The standard InChI is InChI=1S/C13H25F2N3O/c1-3-16-12(17-9-11(14)15)18-10-13(5-4-6-13)7-8-19-2/h11H,3-10H2,1-2H3,(H2,16,17,18). The Morgan fingerprint density at radius 3 is 2.58 bits per heavy atom. The van der Waals surface area contributed by atoms with Gasteiger partial charge in [-0.3, -0.25) is 4.99 Å². The Morgan fingerprint density at radius 2 is 2.11 bits per heavy atom. The lowest BCUT2D eigenvalue weighted by atomic mass is 9.67. The molecule has 0 aromatic heterocycles. The molecule has 0 spiro atoms. The monoisotopic (exact) mass is 277 g/mol. The van der Waals surface area contributed by atoms with Gasteiger partial charge < -0.3 is 15.4 Å². The fraction of sp³-hybridized carbons (Fsp3) is 0.923. The van der Waals surface area contributed by atoms with Crippen LogP contribution in [0.5, 0.6) is 0 Å². The first kappa shape index (κ1) is 16.1. The summed E-state index contributed by atoms with van der Waals surface area (Å²) >= 11 is 0. The van der Waals surface area contributed by atoms with E-state index in [2.05, 4.69) is 15.6 Å². The summed E-state index contributed by atoms with van der Waals surface area (Å²) in [6.45, 7) is 3.63. The van der Waals surface area contributed by atoms with Crippen molar-refractivity contribution < 1.29 is 13.5 Å². The highest BCUT2D eigenvalue weighted by Gasteiger charge is 2.36. The van der Waals surface area contributed by atoms with Gasteiger partial charge in [0, 0.05) is 26.8 Å². The smallest absolute Gasteiger partial charge is 0.255 e. The van der Waals surface area contributed by atoms with Crippen LogP contribution in [0.2, 0.25) is 0 Å². The van der Waals surface area contributed by atoms with Crippen molar-refractivity contribution in [2.45, 2.75) is 39.0 Å². The Morgan fingerprint density at radius 1 is 1.37 bits per heavy atom. The largest absolute Gasteiger partial charge is 0.385 e. The zero-order valence-electron chi connectivity index (χ0n) is 11.8. The maximum absolute atomic E-state index is 12.2. The summed E-state index contributed by atoms with van der Waals surface area (Å²) in [6.07, 6.45) is 2.14. The number of aliphatic imine (C=N–C) groups is 1. The van der Waals surface area contributed by atoms with Crippen LogP contribution in [0.3, 0.4) is 0 Å². The van der Waals surface area contributed by atoms with E-state index in [1.807, 2.05) is 6.92 Å². The van der Waals surface area contributed by atoms with Gasteiger partial charge >= 0.3 is 0 Å². The van der Waals surface area contributed by atoms with Gasteiger partial charge in [0.15, 0.2) is 5.96 Å². The highest BCUT2D eigenvalue weighted by molar-refractivity contribution is 5.79. The molecule has 112 valence electrons. The van der Waals surface area contributed by atoms with Crippen LogP contribution in [0.25, 0.3) is 0 Å². The van der Waals surface area contributed by atoms with Crippen LogP contribution in [0.1, 0.15) is 32.6 Å². The minimum absolute atomic E-state index is 0.212. The highest BCUT2D eigenvalue weighted by Crippen LogP contribution is 2.44. The second-order valence-corrected chi connectivity index (χ2v) is 5.06. The number of guanidine groups is 1. The maximum Gasteiger partial charge on any atom is 0.255 e. The minimum Gasteiger partial charge on any atom is -0.385 e. The normalized spacial score (nSPS) is 18.3. The van der Waals surface area contributed by atoms with Crippen LogP contribution in [0, 0.1) is 5.41 Å². The molecule has 1 fully saturated rings. The van der Waals surface area contributed by atoms with Crippen LogP contribution >= 0.6 is 0 Å². The second kappa shape index (κ2) is 8.30. The van der Waals surface area contributed by atoms with Crippen molar-refractivity contribution in [2.24, 2.45) is 10.4 Å². The van der Waals surface area contributed by atoms with Gasteiger partial charge in [-0.1, -0.05) is 6.42 Å². The van der Waals surface area contributed by atoms with Crippen molar-refractivity contribution in [2.75, 3.05) is 33.4 Å². The van der Waals surface area contributed by atoms with E-state index in [0.717, 1.165) is 25.9 Å². The van der Waals surface area contributed by atoms with Gasteiger partial charge in [0.2, 0.25) is 0 Å². The summed E-state index contributed by atoms with van der Waals surface area (Å²) < 4.78 is 29.5. The van der Waals surface area contributed by atoms with Gasteiger partial charge in [-0.2, -0.15) is 0 Å². The summed E-state index contributed by atoms with van der Waals surface area (Å²) in [5, 5.41) is 5.64. The Labute approximate surface area is 114 Å². The predicted octanol–water partition coefficient (Wildman–Crippen LogP) is 2.01. The van der Waals surface area contributed by atoms with Gasteiger partial charge in [-0.25, -0.2) is 8.78 Å². The molecule has 0 atom stereocenters. The minimum atomic E-state index is -2.37. The number of ether oxygens (including phenoxy) is 1. The molecule has 0 aromatic carbocycles. The third-order valence-electron chi connectivity index (χ3n) is 3.59. The lowest BCUT2D eigenvalue weighted by molar-refractivity contribution is 0.0778. The molecule has 2 N–H and O–H groups in total. The molecule has 6 heteroatoms. The summed E-state index contributed by atoms with van der Waals surface area (Å²) in [7, 11) is 1.70. The van der Waals surface area contributed by atoms with Gasteiger partial charge in [-0.15, -0.1) is 0 Å². The number of methoxy groups -OCH3 is 1. The lowest BCUT2D eigenvalue weighted by Gasteiger charge is -2.40. The number of rotatable bonds is 8. The van der Waals surface area contributed by atoms with Gasteiger partial charge in [0.1, 0.15) is 0 Å². The number of nitrogens with zero attached hydrogens (tertiary/aromatic N) is 1. The molecule has 19 heavy (non-hydrogen) atoms. The lowest BCUT2D eigenvalue weighted by Crippen LogP contribution is -2.41. The second-order valence-electron chi connectivity index (χ2n) is 5.06. The van der Waals surface area contributed by atoms with Crippen molar-refractivity contribution >= 4 is 5.96 Å². The van der Waals surface area contributed by atoms with Gasteiger partial charge in [0.25, 0.3) is 6.43 Å². The molecule has 4 nitrogen and oxygen atoms in total. The number of alkyl halides is 2. The van der Waals surface area contributed by atoms with E-state index in [4.69, 9.17) is 4.74 Å². The van der Waals surface area contributed by atoms with Crippen LogP contribution in [-0.2, 0) is 4.74 Å². The number of hydrogen-bond acceptors (Lipinski definition) is 2. The fourth-order valence-electron chi connectivity index (χ4n) is 2.24. The quantitative estimate of drug-likeness (QED) is 0.527. The van der Waals surface area contributed by atoms with E-state index in [1.54, 1.807) is 7.11 Å². The molecule has 1 rings (SSSR count). The van der Waals surface area contributed by atoms with Gasteiger partial charge in [0.05, 0.1) is 6.54 Å². The first-order valence-electron chi connectivity index (χ1n) is 6.91. The van der Waals surface area contributed by atoms with Crippen LogP contribution < -0.4 is 10.6 Å². The molecule has 0 radical (unpaired) electrons. The van der Waals surface area contributed by atoms with E-state index in [0.29, 0.717) is 19.0 Å². The third kappa shape index (κ3) is 5.72. The SMILES string of the molecule is CCNC(=NCC1(CCOC)CCC1)NCC(F)F. The van der Waals surface area contributed by atoms with Crippen LogP contribution in [-0.4, -0.2) is 45.7 Å². The number of halogens is 2. The molecule has 0 bridgehead atoms. The highest BCUT2D eigenvalue weighted by atomic mass is 19.3. The van der Waals surface area contributed by atoms with Crippen molar-refractivity contribution in [1.29, 1.82) is 0 Å². The molecule has 0 heterocycles. The summed E-state index contributed by atoms with van der Waals surface area (Å²) in [6, 6.07) is 0. The number of nitrogens with one attached hydrogen (secondary N) is 2. The molecule has 0 amide bonds. The molecule has 0 saturated heterocycles. The van der Waals surface area contributed by atoms with E-state index in [9.17, 15) is 8.78 Å². The Kier molecular flexibility index (Phi) is 7.05. The van der Waals surface area contributed by atoms with Gasteiger partial charge in [-0.05, 0) is 31.6 Å².